The Kier molecular flexibility index (Phi) is 3.83. The zero-order valence-electron chi connectivity index (χ0n) is 7.05. The Morgan fingerprint density at radius 3 is 2.82 bits per heavy atom. The fourth-order valence-electron chi connectivity index (χ4n) is 1.01. The van der Waals surface area contributed by atoms with Crippen molar-refractivity contribution in [2.75, 3.05) is 19.7 Å². The van der Waals surface area contributed by atoms with Gasteiger partial charge in [-0.3, -0.25) is 0 Å². The van der Waals surface area contributed by atoms with Crippen LogP contribution in [0.2, 0.25) is 0 Å². The van der Waals surface area contributed by atoms with Crippen molar-refractivity contribution < 1.29 is 9.84 Å². The maximum atomic E-state index is 8.92. The second kappa shape index (κ2) is 4.70. The van der Waals surface area contributed by atoms with Crippen LogP contribution in [-0.2, 0) is 4.74 Å². The molecule has 1 saturated heterocycles. The first-order valence-corrected chi connectivity index (χ1v) is 4.29. The van der Waals surface area contributed by atoms with Gasteiger partial charge in [0.15, 0.2) is 0 Å². The third kappa shape index (κ3) is 3.70. The molecule has 0 aromatic heterocycles. The van der Waals surface area contributed by atoms with Gasteiger partial charge >= 0.3 is 0 Å². The van der Waals surface area contributed by atoms with Crippen LogP contribution < -0.4 is 5.32 Å². The average Bonchev–Trinajstić information content (AvgIpc) is 1.82. The molecule has 2 N–H and O–H groups in total. The zero-order chi connectivity index (χ0) is 8.10. The summed E-state index contributed by atoms with van der Waals surface area (Å²) in [5, 5.41) is 12.1. The van der Waals surface area contributed by atoms with Crippen LogP contribution in [0.5, 0.6) is 0 Å². The summed E-state index contributed by atoms with van der Waals surface area (Å²) in [7, 11) is 0. The molecule has 1 heterocycles. The van der Waals surface area contributed by atoms with Crippen molar-refractivity contribution in [3.05, 3.63) is 0 Å². The van der Waals surface area contributed by atoms with E-state index in [0.717, 1.165) is 32.5 Å². The van der Waals surface area contributed by atoms with Gasteiger partial charge in [-0.15, -0.1) is 0 Å². The standard InChI is InChI=1S/C8H17NO2/c1-7(10)3-2-4-11-8-5-9-6-8/h7-10H,2-6H2,1H3. The first-order valence-electron chi connectivity index (χ1n) is 4.29. The highest BCUT2D eigenvalue weighted by molar-refractivity contribution is 4.74. The van der Waals surface area contributed by atoms with E-state index in [2.05, 4.69) is 5.32 Å². The Hall–Kier alpha value is -0.120. The van der Waals surface area contributed by atoms with Crippen LogP contribution in [0.4, 0.5) is 0 Å². The van der Waals surface area contributed by atoms with Gasteiger partial charge in [-0.05, 0) is 19.8 Å². The molecule has 0 radical (unpaired) electrons. The van der Waals surface area contributed by atoms with Crippen molar-refractivity contribution in [2.45, 2.75) is 32.0 Å². The topological polar surface area (TPSA) is 41.5 Å². The van der Waals surface area contributed by atoms with E-state index >= 15 is 0 Å². The molecule has 1 fully saturated rings. The summed E-state index contributed by atoms with van der Waals surface area (Å²) in [4.78, 5) is 0. The van der Waals surface area contributed by atoms with Crippen LogP contribution in [-0.4, -0.2) is 37.0 Å². The molecular weight excluding hydrogens is 142 g/mol. The predicted octanol–water partition coefficient (Wildman–Crippen LogP) is 0.136. The molecule has 0 aromatic rings. The molecule has 1 aliphatic rings. The number of hydrogen-bond acceptors (Lipinski definition) is 3. The van der Waals surface area contributed by atoms with E-state index in [-0.39, 0.29) is 6.10 Å². The van der Waals surface area contributed by atoms with Gasteiger partial charge in [-0.1, -0.05) is 0 Å². The molecule has 0 aromatic carbocycles. The van der Waals surface area contributed by atoms with Crippen LogP contribution in [0.25, 0.3) is 0 Å². The Morgan fingerprint density at radius 2 is 2.36 bits per heavy atom. The summed E-state index contributed by atoms with van der Waals surface area (Å²) in [6.07, 6.45) is 2.07. The first-order chi connectivity index (χ1) is 5.29. The lowest BCUT2D eigenvalue weighted by Gasteiger charge is -2.27. The number of rotatable bonds is 5. The van der Waals surface area contributed by atoms with Crippen molar-refractivity contribution in [3.8, 4) is 0 Å². The fraction of sp³-hybridized carbons (Fsp3) is 1.00. The van der Waals surface area contributed by atoms with Gasteiger partial charge in [0, 0.05) is 19.7 Å². The van der Waals surface area contributed by atoms with Crippen LogP contribution in [0, 0.1) is 0 Å². The lowest BCUT2D eigenvalue weighted by atomic mass is 10.2. The van der Waals surface area contributed by atoms with Crippen molar-refractivity contribution in [2.24, 2.45) is 0 Å². The molecule has 0 bridgehead atoms. The first kappa shape index (κ1) is 8.97. The van der Waals surface area contributed by atoms with E-state index in [9.17, 15) is 0 Å². The van der Waals surface area contributed by atoms with Crippen molar-refractivity contribution >= 4 is 0 Å². The minimum atomic E-state index is -0.182. The highest BCUT2D eigenvalue weighted by atomic mass is 16.5. The van der Waals surface area contributed by atoms with Gasteiger partial charge in [0.2, 0.25) is 0 Å². The Morgan fingerprint density at radius 1 is 1.64 bits per heavy atom. The molecule has 3 nitrogen and oxygen atoms in total. The molecule has 0 amide bonds. The van der Waals surface area contributed by atoms with E-state index in [0.29, 0.717) is 6.10 Å². The van der Waals surface area contributed by atoms with E-state index in [1.807, 2.05) is 6.92 Å². The molecule has 0 aliphatic carbocycles. The number of aliphatic hydroxyl groups excluding tert-OH is 1. The number of hydrogen-bond donors (Lipinski definition) is 2. The van der Waals surface area contributed by atoms with Crippen LogP contribution in [0.3, 0.4) is 0 Å². The molecule has 11 heavy (non-hydrogen) atoms. The van der Waals surface area contributed by atoms with Crippen molar-refractivity contribution in [1.29, 1.82) is 0 Å². The fourth-order valence-corrected chi connectivity index (χ4v) is 1.01. The molecule has 1 unspecified atom stereocenters. The third-order valence-electron chi connectivity index (χ3n) is 1.86. The van der Waals surface area contributed by atoms with Gasteiger partial charge in [0.25, 0.3) is 0 Å². The minimum Gasteiger partial charge on any atom is -0.393 e. The van der Waals surface area contributed by atoms with E-state index in [1.165, 1.54) is 0 Å². The van der Waals surface area contributed by atoms with Crippen molar-refractivity contribution in [3.63, 3.8) is 0 Å². The molecule has 1 rings (SSSR count). The molecule has 66 valence electrons. The number of nitrogens with one attached hydrogen (secondary N) is 1. The average molecular weight is 159 g/mol. The van der Waals surface area contributed by atoms with Gasteiger partial charge in [0.1, 0.15) is 0 Å². The van der Waals surface area contributed by atoms with E-state index in [1.54, 1.807) is 0 Å². The molecule has 0 spiro atoms. The molecule has 1 aliphatic heterocycles. The Bertz CT molecular complexity index is 102. The summed E-state index contributed by atoms with van der Waals surface area (Å²) >= 11 is 0. The Balaban J connectivity index is 1.80. The van der Waals surface area contributed by atoms with Crippen LogP contribution in [0.15, 0.2) is 0 Å². The maximum Gasteiger partial charge on any atom is 0.0823 e. The lowest BCUT2D eigenvalue weighted by Crippen LogP contribution is -2.48. The van der Waals surface area contributed by atoms with Crippen LogP contribution in [0.1, 0.15) is 19.8 Å². The van der Waals surface area contributed by atoms with Crippen molar-refractivity contribution in [1.82, 2.24) is 5.32 Å². The summed E-state index contributed by atoms with van der Waals surface area (Å²) in [6, 6.07) is 0. The highest BCUT2D eigenvalue weighted by Crippen LogP contribution is 2.01. The zero-order valence-corrected chi connectivity index (χ0v) is 7.05. The van der Waals surface area contributed by atoms with Gasteiger partial charge in [-0.25, -0.2) is 0 Å². The minimum absolute atomic E-state index is 0.182. The van der Waals surface area contributed by atoms with Gasteiger partial charge in [-0.2, -0.15) is 0 Å². The molecule has 1 atom stereocenters. The summed E-state index contributed by atoms with van der Waals surface area (Å²) in [6.45, 7) is 4.59. The smallest absolute Gasteiger partial charge is 0.0823 e. The second-order valence-electron chi connectivity index (χ2n) is 3.14. The number of ether oxygens (including phenoxy) is 1. The van der Waals surface area contributed by atoms with Gasteiger partial charge < -0.3 is 15.2 Å². The summed E-state index contributed by atoms with van der Waals surface area (Å²) < 4.78 is 5.45. The van der Waals surface area contributed by atoms with Crippen LogP contribution >= 0.6 is 0 Å². The summed E-state index contributed by atoms with van der Waals surface area (Å²) in [5.74, 6) is 0. The predicted molar refractivity (Wildman–Crippen MR) is 43.5 cm³/mol. The Labute approximate surface area is 67.7 Å². The third-order valence-corrected chi connectivity index (χ3v) is 1.86. The lowest BCUT2D eigenvalue weighted by molar-refractivity contribution is 0.0131. The quantitative estimate of drug-likeness (QED) is 0.560. The van der Waals surface area contributed by atoms with E-state index < -0.39 is 0 Å². The largest absolute Gasteiger partial charge is 0.393 e. The molecule has 0 saturated carbocycles. The summed E-state index contributed by atoms with van der Waals surface area (Å²) in [5.41, 5.74) is 0. The number of aliphatic hydroxyl groups is 1. The molecule has 3 heteroatoms. The maximum absolute atomic E-state index is 8.92. The monoisotopic (exact) mass is 159 g/mol. The SMILES string of the molecule is CC(O)CCCOC1CNC1. The highest BCUT2D eigenvalue weighted by Gasteiger charge is 2.16. The van der Waals surface area contributed by atoms with Gasteiger partial charge in [0.05, 0.1) is 12.2 Å². The molecular formula is C8H17NO2. The van der Waals surface area contributed by atoms with E-state index in [4.69, 9.17) is 9.84 Å². The normalized spacial score (nSPS) is 21.3. The second-order valence-corrected chi connectivity index (χ2v) is 3.14.